The van der Waals surface area contributed by atoms with Crippen LogP contribution in [0.15, 0.2) is 49.1 Å². The van der Waals surface area contributed by atoms with Crippen molar-refractivity contribution >= 4 is 29.1 Å². The Morgan fingerprint density at radius 3 is 2.83 bits per heavy atom. The van der Waals surface area contributed by atoms with Crippen LogP contribution >= 0.6 is 11.8 Å². The van der Waals surface area contributed by atoms with Crippen molar-refractivity contribution < 1.29 is 9.53 Å². The number of anilines is 2. The first kappa shape index (κ1) is 20.5. The summed E-state index contributed by atoms with van der Waals surface area (Å²) in [4.78, 5) is 29.2. The van der Waals surface area contributed by atoms with Crippen LogP contribution in [-0.2, 0) is 13.0 Å². The Balaban J connectivity index is 1.58. The van der Waals surface area contributed by atoms with E-state index in [-0.39, 0.29) is 12.2 Å². The maximum atomic E-state index is 12.5. The fraction of sp³-hybridized carbons (Fsp3) is 0.250. The molecule has 0 saturated heterocycles. The number of nitrogens with one attached hydrogen (secondary N) is 1. The van der Waals surface area contributed by atoms with Gasteiger partial charge in [0.15, 0.2) is 5.78 Å². The maximum absolute atomic E-state index is 12.5. The molecule has 0 unspecified atom stereocenters. The number of ether oxygens (including phenoxy) is 1. The fourth-order valence-electron chi connectivity index (χ4n) is 2.53. The summed E-state index contributed by atoms with van der Waals surface area (Å²) in [6.45, 7) is 1.03. The first-order chi connectivity index (χ1) is 14.2. The van der Waals surface area contributed by atoms with Crippen LogP contribution in [0.5, 0.6) is 5.88 Å². The molecule has 3 aromatic heterocycles. The first-order valence-electron chi connectivity index (χ1n) is 9.01. The molecular weight excluding hydrogens is 388 g/mol. The summed E-state index contributed by atoms with van der Waals surface area (Å²) >= 11 is 1.69. The monoisotopic (exact) mass is 410 g/mol. The average molecular weight is 411 g/mol. The van der Waals surface area contributed by atoms with Gasteiger partial charge in [-0.15, -0.1) is 0 Å². The second-order valence-corrected chi connectivity index (χ2v) is 7.11. The minimum absolute atomic E-state index is 0.116. The third kappa shape index (κ3) is 6.15. The van der Waals surface area contributed by atoms with Gasteiger partial charge in [0, 0.05) is 24.6 Å². The van der Waals surface area contributed by atoms with E-state index in [0.717, 1.165) is 22.7 Å². The highest BCUT2D eigenvalue weighted by Crippen LogP contribution is 2.15. The SMILES string of the molecule is CSCCOc1cnc(C(=O)Cc2ccnc(CNc3cccnc3N)c2)cn1. The Morgan fingerprint density at radius 2 is 2.07 bits per heavy atom. The standard InChI is InChI=1S/C20H22N6O2S/c1-29-8-7-28-19-13-25-17(12-26-19)18(27)10-14-4-6-22-15(9-14)11-24-16-3-2-5-23-20(16)21/h2-6,9,12-13,24H,7-8,10-11H2,1H3,(H2,21,23). The van der Waals surface area contributed by atoms with Crippen LogP contribution in [0.3, 0.4) is 0 Å². The van der Waals surface area contributed by atoms with E-state index in [0.29, 0.717) is 30.5 Å². The Kier molecular flexibility index (Phi) is 7.34. The smallest absolute Gasteiger partial charge is 0.232 e. The van der Waals surface area contributed by atoms with Crippen molar-refractivity contribution in [1.82, 2.24) is 19.9 Å². The summed E-state index contributed by atoms with van der Waals surface area (Å²) in [5, 5.41) is 3.20. The molecule has 0 bridgehead atoms. The molecule has 3 heterocycles. The molecule has 0 spiro atoms. The number of ketones is 1. The number of rotatable bonds is 10. The molecule has 0 aliphatic carbocycles. The fourth-order valence-corrected chi connectivity index (χ4v) is 2.78. The Hall–Kier alpha value is -3.20. The van der Waals surface area contributed by atoms with Gasteiger partial charge in [-0.25, -0.2) is 15.0 Å². The van der Waals surface area contributed by atoms with E-state index in [2.05, 4.69) is 25.3 Å². The van der Waals surface area contributed by atoms with Gasteiger partial charge in [0.05, 0.1) is 36.9 Å². The van der Waals surface area contributed by atoms with E-state index >= 15 is 0 Å². The number of pyridine rings is 2. The average Bonchev–Trinajstić information content (AvgIpc) is 2.74. The molecule has 3 N–H and O–H groups in total. The zero-order chi connectivity index (χ0) is 20.5. The van der Waals surface area contributed by atoms with E-state index in [1.165, 1.54) is 12.4 Å². The van der Waals surface area contributed by atoms with Gasteiger partial charge in [-0.1, -0.05) is 0 Å². The first-order valence-corrected chi connectivity index (χ1v) is 10.4. The molecule has 8 nitrogen and oxygen atoms in total. The third-order valence-electron chi connectivity index (χ3n) is 4.00. The summed E-state index contributed by atoms with van der Waals surface area (Å²) in [6.07, 6.45) is 8.47. The predicted molar refractivity (Wildman–Crippen MR) is 114 cm³/mol. The van der Waals surface area contributed by atoms with E-state index < -0.39 is 0 Å². The van der Waals surface area contributed by atoms with Gasteiger partial charge >= 0.3 is 0 Å². The van der Waals surface area contributed by atoms with Crippen molar-refractivity contribution in [1.29, 1.82) is 0 Å². The molecule has 0 radical (unpaired) electrons. The van der Waals surface area contributed by atoms with E-state index in [1.54, 1.807) is 30.2 Å². The minimum Gasteiger partial charge on any atom is -0.476 e. The van der Waals surface area contributed by atoms with Gasteiger partial charge in [0.2, 0.25) is 5.88 Å². The van der Waals surface area contributed by atoms with E-state index in [1.807, 2.05) is 24.5 Å². The van der Waals surface area contributed by atoms with Crippen molar-refractivity contribution in [2.24, 2.45) is 0 Å². The summed E-state index contributed by atoms with van der Waals surface area (Å²) in [7, 11) is 0. The van der Waals surface area contributed by atoms with E-state index in [9.17, 15) is 4.79 Å². The number of hydrogen-bond donors (Lipinski definition) is 2. The Morgan fingerprint density at radius 1 is 1.17 bits per heavy atom. The maximum Gasteiger partial charge on any atom is 0.232 e. The second kappa shape index (κ2) is 10.4. The normalized spacial score (nSPS) is 10.5. The van der Waals surface area contributed by atoms with Crippen LogP contribution in [-0.4, -0.2) is 44.3 Å². The van der Waals surface area contributed by atoms with Crippen LogP contribution in [0.1, 0.15) is 21.7 Å². The lowest BCUT2D eigenvalue weighted by atomic mass is 10.1. The van der Waals surface area contributed by atoms with E-state index in [4.69, 9.17) is 10.5 Å². The van der Waals surface area contributed by atoms with Crippen molar-refractivity contribution in [3.8, 4) is 5.88 Å². The number of thioether (sulfide) groups is 1. The lowest BCUT2D eigenvalue weighted by Crippen LogP contribution is -2.09. The highest BCUT2D eigenvalue weighted by atomic mass is 32.2. The summed E-state index contributed by atoms with van der Waals surface area (Å²) < 4.78 is 5.45. The number of hydrogen-bond acceptors (Lipinski definition) is 9. The van der Waals surface area contributed by atoms with Gasteiger partial charge in [-0.3, -0.25) is 9.78 Å². The molecule has 0 aliphatic heterocycles. The molecule has 3 aromatic rings. The Labute approximate surface area is 173 Å². The largest absolute Gasteiger partial charge is 0.476 e. The molecule has 150 valence electrons. The lowest BCUT2D eigenvalue weighted by molar-refractivity contribution is 0.0987. The molecule has 3 rings (SSSR count). The number of carbonyl (C=O) groups is 1. The summed E-state index contributed by atoms with van der Waals surface area (Å²) in [6, 6.07) is 7.35. The predicted octanol–water partition coefficient (Wildman–Crippen LogP) is 2.63. The van der Waals surface area contributed by atoms with Crippen molar-refractivity contribution in [2.45, 2.75) is 13.0 Å². The van der Waals surface area contributed by atoms with Crippen LogP contribution in [0.2, 0.25) is 0 Å². The molecule has 29 heavy (non-hydrogen) atoms. The minimum atomic E-state index is -0.116. The Bertz CT molecular complexity index is 952. The lowest BCUT2D eigenvalue weighted by Gasteiger charge is -2.09. The van der Waals surface area contributed by atoms with Gasteiger partial charge in [-0.05, 0) is 36.1 Å². The van der Waals surface area contributed by atoms with Gasteiger partial charge in [-0.2, -0.15) is 11.8 Å². The highest BCUT2D eigenvalue weighted by molar-refractivity contribution is 7.98. The molecule has 0 amide bonds. The van der Waals surface area contributed by atoms with Crippen molar-refractivity contribution in [3.05, 3.63) is 66.0 Å². The zero-order valence-corrected chi connectivity index (χ0v) is 16.9. The van der Waals surface area contributed by atoms with Gasteiger partial charge in [0.1, 0.15) is 11.5 Å². The molecule has 0 saturated carbocycles. The number of carbonyl (C=O) groups excluding carboxylic acids is 1. The molecule has 0 fully saturated rings. The van der Waals surface area contributed by atoms with Crippen LogP contribution < -0.4 is 15.8 Å². The third-order valence-corrected chi connectivity index (χ3v) is 4.57. The zero-order valence-electron chi connectivity index (χ0n) is 16.0. The second-order valence-electron chi connectivity index (χ2n) is 6.13. The molecule has 0 aliphatic rings. The molecule has 0 atom stereocenters. The summed E-state index contributed by atoms with van der Waals surface area (Å²) in [5.74, 6) is 1.60. The van der Waals surface area contributed by atoms with Crippen LogP contribution in [0.25, 0.3) is 0 Å². The number of nitrogen functional groups attached to an aromatic ring is 1. The number of Topliss-reactive ketones (excluding diaryl/α,β-unsaturated/α-hetero) is 1. The summed E-state index contributed by atoms with van der Waals surface area (Å²) in [5.41, 5.74) is 8.52. The molecule has 9 heteroatoms. The van der Waals surface area contributed by atoms with Crippen molar-refractivity contribution in [2.75, 3.05) is 29.7 Å². The number of nitrogens with zero attached hydrogens (tertiary/aromatic N) is 4. The van der Waals surface area contributed by atoms with Crippen LogP contribution in [0, 0.1) is 0 Å². The quantitative estimate of drug-likeness (QED) is 0.384. The van der Waals surface area contributed by atoms with Gasteiger partial charge < -0.3 is 15.8 Å². The topological polar surface area (TPSA) is 116 Å². The van der Waals surface area contributed by atoms with Crippen molar-refractivity contribution in [3.63, 3.8) is 0 Å². The molecule has 0 aromatic carbocycles. The van der Waals surface area contributed by atoms with Crippen LogP contribution in [0.4, 0.5) is 11.5 Å². The molecular formula is C20H22N6O2S. The van der Waals surface area contributed by atoms with Gasteiger partial charge in [0.25, 0.3) is 0 Å². The highest BCUT2D eigenvalue weighted by Gasteiger charge is 2.11. The number of aromatic nitrogens is 4. The number of nitrogens with two attached hydrogens (primary N) is 1.